The van der Waals surface area contributed by atoms with Crippen LogP contribution in [0.15, 0.2) is 36.5 Å². The smallest absolute Gasteiger partial charge is 0.220 e. The van der Waals surface area contributed by atoms with E-state index in [1.165, 1.54) is 199 Å². The Hall–Kier alpha value is -1.43. The maximum Gasteiger partial charge on any atom is 0.220 e. The van der Waals surface area contributed by atoms with Gasteiger partial charge < -0.3 is 20.6 Å². The second-order valence-electron chi connectivity index (χ2n) is 17.7. The molecule has 342 valence electrons. The van der Waals surface area contributed by atoms with Gasteiger partial charge in [-0.05, 0) is 77.0 Å². The number of hydrogen-bond acceptors (Lipinski definition) is 4. The zero-order valence-electron chi connectivity index (χ0n) is 38.9. The lowest BCUT2D eigenvalue weighted by Crippen LogP contribution is -2.50. The van der Waals surface area contributed by atoms with Gasteiger partial charge in [-0.15, -0.1) is 0 Å². The van der Waals surface area contributed by atoms with Gasteiger partial charge in [0.1, 0.15) is 6.10 Å². The van der Waals surface area contributed by atoms with Crippen molar-refractivity contribution in [2.75, 3.05) is 6.61 Å². The Balaban J connectivity index is 3.58. The Morgan fingerprint density at radius 2 is 0.707 bits per heavy atom. The van der Waals surface area contributed by atoms with Crippen LogP contribution in [0.5, 0.6) is 0 Å². The molecule has 0 aliphatic heterocycles. The Morgan fingerprint density at radius 1 is 0.414 bits per heavy atom. The standard InChI is InChI=1S/C53H101NO4/c1-3-5-7-9-11-13-15-17-19-21-22-23-24-25-26-27-28-29-30-31-32-34-36-38-40-42-44-46-48-52(57)54-50(49-55)53(58)51(56)47-45-43-41-39-37-35-33-20-18-16-14-12-10-8-6-4-2/h20,25-26,33,39,41,50-51,53,55-56,58H,3-19,21-24,27-32,34-38,40,42-49H2,1-2H3,(H,54,57)/b26-25-,33-20+,41-39+. The summed E-state index contributed by atoms with van der Waals surface area (Å²) in [6, 6.07) is -0.832. The molecule has 0 aromatic rings. The molecule has 0 aliphatic rings. The largest absolute Gasteiger partial charge is 0.394 e. The Labute approximate surface area is 362 Å². The van der Waals surface area contributed by atoms with Crippen LogP contribution in [-0.2, 0) is 4.79 Å². The third kappa shape index (κ3) is 42.7. The minimum absolute atomic E-state index is 0.157. The minimum Gasteiger partial charge on any atom is -0.394 e. The van der Waals surface area contributed by atoms with Crippen molar-refractivity contribution in [3.05, 3.63) is 36.5 Å². The van der Waals surface area contributed by atoms with Crippen molar-refractivity contribution in [2.45, 2.75) is 289 Å². The predicted molar refractivity (Wildman–Crippen MR) is 254 cm³/mol. The van der Waals surface area contributed by atoms with Gasteiger partial charge in [-0.1, -0.05) is 224 Å². The zero-order valence-corrected chi connectivity index (χ0v) is 38.9. The van der Waals surface area contributed by atoms with Crippen molar-refractivity contribution in [1.29, 1.82) is 0 Å². The molecule has 4 N–H and O–H groups in total. The molecule has 0 rings (SSSR count). The van der Waals surface area contributed by atoms with E-state index in [-0.39, 0.29) is 12.5 Å². The number of nitrogens with one attached hydrogen (secondary N) is 1. The molecule has 0 saturated heterocycles. The Kier molecular flexibility index (Phi) is 47.0. The van der Waals surface area contributed by atoms with Crippen molar-refractivity contribution in [2.24, 2.45) is 0 Å². The molecular formula is C53H101NO4. The number of unbranched alkanes of at least 4 members (excludes halogenated alkanes) is 33. The first-order valence-corrected chi connectivity index (χ1v) is 25.8. The number of carbonyl (C=O) groups excluding carboxylic acids is 1. The summed E-state index contributed by atoms with van der Waals surface area (Å²) < 4.78 is 0. The van der Waals surface area contributed by atoms with Crippen LogP contribution in [0.4, 0.5) is 0 Å². The minimum atomic E-state index is -1.17. The lowest BCUT2D eigenvalue weighted by molar-refractivity contribution is -0.124. The second kappa shape index (κ2) is 48.2. The Bertz CT molecular complexity index is 901. The van der Waals surface area contributed by atoms with E-state index in [0.29, 0.717) is 12.8 Å². The van der Waals surface area contributed by atoms with Crippen LogP contribution >= 0.6 is 0 Å². The van der Waals surface area contributed by atoms with Crippen molar-refractivity contribution < 1.29 is 20.1 Å². The summed E-state index contributed by atoms with van der Waals surface area (Å²) in [5, 5.41) is 33.6. The van der Waals surface area contributed by atoms with Gasteiger partial charge in [0, 0.05) is 6.42 Å². The molecule has 0 saturated carbocycles. The summed E-state index contributed by atoms with van der Waals surface area (Å²) in [5.41, 5.74) is 0. The lowest BCUT2D eigenvalue weighted by Gasteiger charge is -2.26. The average Bonchev–Trinajstić information content (AvgIpc) is 3.23. The normalized spacial score (nSPS) is 13.7. The van der Waals surface area contributed by atoms with Gasteiger partial charge in [-0.2, -0.15) is 0 Å². The molecule has 0 aromatic carbocycles. The van der Waals surface area contributed by atoms with Gasteiger partial charge in [0.05, 0.1) is 18.8 Å². The number of allylic oxidation sites excluding steroid dienone is 6. The van der Waals surface area contributed by atoms with E-state index in [0.717, 1.165) is 44.9 Å². The second-order valence-corrected chi connectivity index (χ2v) is 17.7. The van der Waals surface area contributed by atoms with Crippen LogP contribution in [0.3, 0.4) is 0 Å². The molecule has 5 heteroatoms. The Morgan fingerprint density at radius 3 is 1.05 bits per heavy atom. The number of carbonyl (C=O) groups is 1. The first kappa shape index (κ1) is 56.6. The molecule has 3 unspecified atom stereocenters. The van der Waals surface area contributed by atoms with Crippen molar-refractivity contribution >= 4 is 5.91 Å². The number of amides is 1. The van der Waals surface area contributed by atoms with Crippen LogP contribution in [0.25, 0.3) is 0 Å². The first-order valence-electron chi connectivity index (χ1n) is 25.8. The maximum absolute atomic E-state index is 12.5. The maximum atomic E-state index is 12.5. The van der Waals surface area contributed by atoms with Crippen molar-refractivity contribution in [3.8, 4) is 0 Å². The molecule has 1 amide bonds. The third-order valence-corrected chi connectivity index (χ3v) is 11.9. The molecule has 0 heterocycles. The molecule has 0 spiro atoms. The highest BCUT2D eigenvalue weighted by Gasteiger charge is 2.26. The van der Waals surface area contributed by atoms with Crippen LogP contribution in [0.1, 0.15) is 271 Å². The van der Waals surface area contributed by atoms with E-state index in [4.69, 9.17) is 0 Å². The summed E-state index contributed by atoms with van der Waals surface area (Å²) in [7, 11) is 0. The van der Waals surface area contributed by atoms with E-state index in [2.05, 4.69) is 55.6 Å². The van der Waals surface area contributed by atoms with Gasteiger partial charge >= 0.3 is 0 Å². The summed E-state index contributed by atoms with van der Waals surface area (Å²) in [4.78, 5) is 12.5. The first-order chi connectivity index (χ1) is 28.6. The topological polar surface area (TPSA) is 89.8 Å². The summed E-state index contributed by atoms with van der Waals surface area (Å²) in [6.45, 7) is 4.17. The quantitative estimate of drug-likeness (QED) is 0.0364. The molecular weight excluding hydrogens is 715 g/mol. The highest BCUT2D eigenvalue weighted by atomic mass is 16.3. The van der Waals surface area contributed by atoms with Crippen LogP contribution < -0.4 is 5.32 Å². The van der Waals surface area contributed by atoms with Gasteiger partial charge in [0.2, 0.25) is 5.91 Å². The molecule has 0 aliphatic carbocycles. The van der Waals surface area contributed by atoms with E-state index in [1.54, 1.807) is 0 Å². The fraction of sp³-hybridized carbons (Fsp3) is 0.868. The van der Waals surface area contributed by atoms with Gasteiger partial charge in [0.25, 0.3) is 0 Å². The molecule has 0 bridgehead atoms. The molecule has 0 fully saturated rings. The number of hydrogen-bond donors (Lipinski definition) is 4. The van der Waals surface area contributed by atoms with Crippen LogP contribution in [-0.4, -0.2) is 46.1 Å². The summed E-state index contributed by atoms with van der Waals surface area (Å²) in [5.74, 6) is -0.157. The molecule has 0 aromatic heterocycles. The van der Waals surface area contributed by atoms with E-state index in [9.17, 15) is 20.1 Å². The number of rotatable bonds is 47. The molecule has 3 atom stereocenters. The number of aliphatic hydroxyl groups excluding tert-OH is 3. The fourth-order valence-electron chi connectivity index (χ4n) is 7.94. The fourth-order valence-corrected chi connectivity index (χ4v) is 7.94. The van der Waals surface area contributed by atoms with Crippen LogP contribution in [0, 0.1) is 0 Å². The average molecular weight is 816 g/mol. The lowest BCUT2D eigenvalue weighted by atomic mass is 10.0. The predicted octanol–water partition coefficient (Wildman–Crippen LogP) is 15.5. The van der Waals surface area contributed by atoms with Crippen LogP contribution in [0.2, 0.25) is 0 Å². The summed E-state index contributed by atoms with van der Waals surface area (Å²) >= 11 is 0. The van der Waals surface area contributed by atoms with Crippen molar-refractivity contribution in [1.82, 2.24) is 5.32 Å². The molecule has 0 radical (unpaired) electrons. The number of aliphatic hydroxyl groups is 3. The van der Waals surface area contributed by atoms with Gasteiger partial charge in [-0.3, -0.25) is 4.79 Å². The third-order valence-electron chi connectivity index (χ3n) is 11.9. The monoisotopic (exact) mass is 816 g/mol. The zero-order chi connectivity index (χ0) is 42.3. The highest BCUT2D eigenvalue weighted by molar-refractivity contribution is 5.76. The highest BCUT2D eigenvalue weighted by Crippen LogP contribution is 2.16. The van der Waals surface area contributed by atoms with Gasteiger partial charge in [0.15, 0.2) is 0 Å². The van der Waals surface area contributed by atoms with E-state index < -0.39 is 18.2 Å². The van der Waals surface area contributed by atoms with E-state index >= 15 is 0 Å². The SMILES string of the molecule is CCCCCCCCC/C=C/CC/C=C/CCCC(O)C(O)C(CO)NC(=O)CCCCCCCCCCCCCC/C=C\CCCCCCCCCCCCCC. The molecule has 5 nitrogen and oxygen atoms in total. The van der Waals surface area contributed by atoms with Gasteiger partial charge in [-0.25, -0.2) is 0 Å². The van der Waals surface area contributed by atoms with Crippen molar-refractivity contribution in [3.63, 3.8) is 0 Å². The molecule has 58 heavy (non-hydrogen) atoms. The summed E-state index contributed by atoms with van der Waals surface area (Å²) in [6.07, 6.45) is 61.4. The van der Waals surface area contributed by atoms with E-state index in [1.807, 2.05) is 0 Å².